The first kappa shape index (κ1) is 26.2. The molecule has 0 atom stereocenters. The van der Waals surface area contributed by atoms with Crippen LogP contribution in [0.3, 0.4) is 0 Å². The Balaban J connectivity index is 1.74. The van der Waals surface area contributed by atoms with E-state index in [9.17, 15) is 13.2 Å². The number of nitrogens with one attached hydrogen (secondary N) is 2. The van der Waals surface area contributed by atoms with Gasteiger partial charge in [0.15, 0.2) is 21.5 Å². The van der Waals surface area contributed by atoms with Crippen molar-refractivity contribution in [3.63, 3.8) is 0 Å². The molecule has 0 saturated heterocycles. The second kappa shape index (κ2) is 10.5. The van der Waals surface area contributed by atoms with Gasteiger partial charge in [-0.05, 0) is 61.1 Å². The number of hydrogen-bond acceptors (Lipinski definition) is 5. The first-order valence-electron chi connectivity index (χ1n) is 11.5. The molecule has 35 heavy (non-hydrogen) atoms. The van der Waals surface area contributed by atoms with Gasteiger partial charge in [-0.2, -0.15) is 0 Å². The molecule has 0 spiro atoms. The Morgan fingerprint density at radius 3 is 2.57 bits per heavy atom. The number of allylic oxidation sites excluding steroid dienone is 2. The Labute approximate surface area is 207 Å². The van der Waals surface area contributed by atoms with E-state index < -0.39 is 9.84 Å². The molecular weight excluding hydrogens is 462 g/mol. The van der Waals surface area contributed by atoms with E-state index in [4.69, 9.17) is 4.74 Å². The van der Waals surface area contributed by atoms with Gasteiger partial charge in [0.25, 0.3) is 5.91 Å². The first-order chi connectivity index (χ1) is 16.4. The zero-order valence-corrected chi connectivity index (χ0v) is 21.9. The van der Waals surface area contributed by atoms with Crippen molar-refractivity contribution in [3.8, 4) is 17.1 Å². The predicted octanol–water partition coefficient (Wildman–Crippen LogP) is 5.61. The number of aromatic amines is 1. The molecule has 1 heterocycles. The Morgan fingerprint density at radius 1 is 1.20 bits per heavy atom. The number of anilines is 1. The third-order valence-electron chi connectivity index (χ3n) is 6.21. The van der Waals surface area contributed by atoms with Crippen LogP contribution in [0.25, 0.3) is 17.0 Å². The number of ether oxygens (including phenoxy) is 1. The number of H-pyrrole nitrogens is 1. The molecule has 0 aliphatic carbocycles. The minimum Gasteiger partial charge on any atom is -0.483 e. The number of rotatable bonds is 9. The zero-order valence-electron chi connectivity index (χ0n) is 21.1. The van der Waals surface area contributed by atoms with Gasteiger partial charge in [0.2, 0.25) is 0 Å². The molecule has 0 unspecified atom stereocenters. The predicted molar refractivity (Wildman–Crippen MR) is 140 cm³/mol. The number of benzene rings is 2. The van der Waals surface area contributed by atoms with Crippen molar-refractivity contribution in [3.05, 3.63) is 65.9 Å². The van der Waals surface area contributed by atoms with Crippen molar-refractivity contribution >= 4 is 27.0 Å². The summed E-state index contributed by atoms with van der Waals surface area (Å²) in [5.41, 5.74) is 4.48. The SMILES string of the molecule is C/C=C(/C)c1ccc(OCC(=O)Nc2cccc(-c3ncc(S(C)(=O)=O)[nH]3)c2)c(C(C)(C)CC)c1. The Kier molecular flexibility index (Phi) is 7.85. The van der Waals surface area contributed by atoms with E-state index in [2.05, 4.69) is 55.1 Å². The van der Waals surface area contributed by atoms with E-state index in [0.29, 0.717) is 22.8 Å². The minimum atomic E-state index is -3.39. The van der Waals surface area contributed by atoms with Gasteiger partial charge in [0, 0.05) is 23.1 Å². The smallest absolute Gasteiger partial charge is 0.262 e. The number of imidazole rings is 1. The number of aromatic nitrogens is 2. The lowest BCUT2D eigenvalue weighted by Gasteiger charge is -2.27. The summed E-state index contributed by atoms with van der Waals surface area (Å²) < 4.78 is 29.4. The number of nitrogens with zero attached hydrogens (tertiary/aromatic N) is 1. The third-order valence-corrected chi connectivity index (χ3v) is 7.22. The van der Waals surface area contributed by atoms with Crippen molar-refractivity contribution in [1.29, 1.82) is 0 Å². The second-order valence-corrected chi connectivity index (χ2v) is 11.2. The summed E-state index contributed by atoms with van der Waals surface area (Å²) in [6, 6.07) is 13.1. The highest BCUT2D eigenvalue weighted by Gasteiger charge is 2.24. The number of sulfone groups is 1. The van der Waals surface area contributed by atoms with Gasteiger partial charge in [-0.15, -0.1) is 0 Å². The molecule has 0 bridgehead atoms. The van der Waals surface area contributed by atoms with Crippen LogP contribution >= 0.6 is 0 Å². The van der Waals surface area contributed by atoms with Crippen molar-refractivity contribution in [2.24, 2.45) is 0 Å². The zero-order chi connectivity index (χ0) is 25.8. The fourth-order valence-electron chi connectivity index (χ4n) is 3.51. The van der Waals surface area contributed by atoms with Crippen molar-refractivity contribution in [1.82, 2.24) is 9.97 Å². The normalized spacial score (nSPS) is 12.5. The average molecular weight is 496 g/mol. The van der Waals surface area contributed by atoms with Gasteiger partial charge in [0.05, 0.1) is 6.20 Å². The highest BCUT2D eigenvalue weighted by molar-refractivity contribution is 7.90. The molecule has 3 rings (SSSR count). The van der Waals surface area contributed by atoms with Crippen molar-refractivity contribution in [2.45, 2.75) is 51.5 Å². The van der Waals surface area contributed by atoms with Crippen LogP contribution in [0, 0.1) is 0 Å². The maximum Gasteiger partial charge on any atom is 0.262 e. The summed E-state index contributed by atoms with van der Waals surface area (Å²) in [4.78, 5) is 19.6. The summed E-state index contributed by atoms with van der Waals surface area (Å²) >= 11 is 0. The lowest BCUT2D eigenvalue weighted by Crippen LogP contribution is -2.23. The van der Waals surface area contributed by atoms with Crippen LogP contribution in [0.1, 0.15) is 52.2 Å². The highest BCUT2D eigenvalue weighted by Crippen LogP contribution is 2.36. The third kappa shape index (κ3) is 6.39. The Hall–Kier alpha value is -3.39. The maximum atomic E-state index is 12.7. The Bertz CT molecular complexity index is 1350. The summed E-state index contributed by atoms with van der Waals surface area (Å²) in [5, 5.41) is 2.88. The van der Waals surface area contributed by atoms with Gasteiger partial charge in [0.1, 0.15) is 11.6 Å². The largest absolute Gasteiger partial charge is 0.483 e. The van der Waals surface area contributed by atoms with Crippen molar-refractivity contribution in [2.75, 3.05) is 18.2 Å². The lowest BCUT2D eigenvalue weighted by atomic mass is 9.80. The van der Waals surface area contributed by atoms with Crippen LogP contribution in [-0.4, -0.2) is 37.2 Å². The number of carbonyl (C=O) groups is 1. The molecule has 0 aliphatic rings. The van der Waals surface area contributed by atoms with E-state index >= 15 is 0 Å². The van der Waals surface area contributed by atoms with E-state index in [-0.39, 0.29) is 23.0 Å². The summed E-state index contributed by atoms with van der Waals surface area (Å²) in [5.74, 6) is 0.797. The van der Waals surface area contributed by atoms with Gasteiger partial charge in [-0.1, -0.05) is 45.0 Å². The fourth-order valence-corrected chi connectivity index (χ4v) is 4.04. The van der Waals surface area contributed by atoms with Crippen LogP contribution in [0.4, 0.5) is 5.69 Å². The maximum absolute atomic E-state index is 12.7. The van der Waals surface area contributed by atoms with Gasteiger partial charge in [-0.25, -0.2) is 13.4 Å². The van der Waals surface area contributed by atoms with E-state index in [0.717, 1.165) is 23.8 Å². The number of carbonyl (C=O) groups excluding carboxylic acids is 1. The van der Waals surface area contributed by atoms with E-state index in [1.54, 1.807) is 24.3 Å². The highest BCUT2D eigenvalue weighted by atomic mass is 32.2. The van der Waals surface area contributed by atoms with E-state index in [1.807, 2.05) is 19.1 Å². The van der Waals surface area contributed by atoms with Gasteiger partial charge in [-0.3, -0.25) is 4.79 Å². The molecule has 2 aromatic carbocycles. The standard InChI is InChI=1S/C27H33N3O4S/c1-7-18(3)19-12-13-23(22(15-19)27(4,5)8-2)34-17-24(31)29-21-11-9-10-20(14-21)26-28-16-25(30-26)35(6,32)33/h7,9-16H,8,17H2,1-6H3,(H,28,30)(H,29,31)/b18-7-. The monoisotopic (exact) mass is 495 g/mol. The van der Waals surface area contributed by atoms with Gasteiger partial charge >= 0.3 is 0 Å². The molecular formula is C27H33N3O4S. The van der Waals surface area contributed by atoms with Gasteiger partial charge < -0.3 is 15.0 Å². The molecule has 1 amide bonds. The number of hydrogen-bond donors (Lipinski definition) is 2. The van der Waals surface area contributed by atoms with Crippen molar-refractivity contribution < 1.29 is 17.9 Å². The summed E-state index contributed by atoms with van der Waals surface area (Å²) in [7, 11) is -3.39. The molecule has 8 heteroatoms. The first-order valence-corrected chi connectivity index (χ1v) is 13.4. The molecule has 0 aliphatic heterocycles. The minimum absolute atomic E-state index is 0.0387. The summed E-state index contributed by atoms with van der Waals surface area (Å²) in [6.45, 7) is 10.4. The van der Waals surface area contributed by atoms with Crippen LogP contribution in [0.5, 0.6) is 5.75 Å². The molecule has 3 aromatic rings. The molecule has 186 valence electrons. The van der Waals surface area contributed by atoms with E-state index in [1.165, 1.54) is 11.8 Å². The molecule has 7 nitrogen and oxygen atoms in total. The topological polar surface area (TPSA) is 101 Å². The van der Waals surface area contributed by atoms with Crippen LogP contribution in [0.15, 0.2) is 59.8 Å². The average Bonchev–Trinajstić information content (AvgIpc) is 3.33. The second-order valence-electron chi connectivity index (χ2n) is 9.21. The Morgan fingerprint density at radius 2 is 1.94 bits per heavy atom. The molecule has 1 aromatic heterocycles. The molecule has 0 radical (unpaired) electrons. The summed E-state index contributed by atoms with van der Waals surface area (Å²) in [6.07, 6.45) is 5.39. The molecule has 0 saturated carbocycles. The lowest BCUT2D eigenvalue weighted by molar-refractivity contribution is -0.118. The van der Waals surface area contributed by atoms with Crippen LogP contribution in [0.2, 0.25) is 0 Å². The quantitative estimate of drug-likeness (QED) is 0.402. The molecule has 2 N–H and O–H groups in total. The number of amides is 1. The van der Waals surface area contributed by atoms with Crippen LogP contribution in [-0.2, 0) is 20.0 Å². The fraction of sp³-hybridized carbons (Fsp3) is 0.333. The van der Waals surface area contributed by atoms with Crippen LogP contribution < -0.4 is 10.1 Å². The molecule has 0 fully saturated rings.